The Kier molecular flexibility index (Phi) is 5.24. The van der Waals surface area contributed by atoms with Gasteiger partial charge in [-0.1, -0.05) is 48.5 Å². The first-order chi connectivity index (χ1) is 16.8. The van der Waals surface area contributed by atoms with Crippen molar-refractivity contribution in [2.45, 2.75) is 13.5 Å². The van der Waals surface area contributed by atoms with Crippen LogP contribution in [0, 0.1) is 6.92 Å². The molecular weight excluding hydrogens is 442 g/mol. The van der Waals surface area contributed by atoms with E-state index in [4.69, 9.17) is 9.72 Å². The van der Waals surface area contributed by atoms with Crippen molar-refractivity contribution in [3.05, 3.63) is 95.1 Å². The summed E-state index contributed by atoms with van der Waals surface area (Å²) in [5.41, 5.74) is 5.97. The maximum atomic E-state index is 6.08. The van der Waals surface area contributed by atoms with Crippen LogP contribution in [0.25, 0.3) is 27.3 Å². The number of aliphatic imine (C=N–C) groups is 2. The minimum atomic E-state index is 0.512. The molecule has 0 fully saturated rings. The molecule has 0 aliphatic carbocycles. The number of ether oxygens (including phenoxy) is 1. The summed E-state index contributed by atoms with van der Waals surface area (Å²) in [6, 6.07) is 24.3. The molecule has 3 aromatic heterocycles. The quantitative estimate of drug-likeness (QED) is 0.318. The Hall–Kier alpha value is -4.10. The monoisotopic (exact) mass is 463 g/mol. The number of pyridine rings is 1. The number of aromatic nitrogens is 3. The molecule has 0 amide bonds. The Balaban J connectivity index is 1.42. The molecule has 166 valence electrons. The third-order valence-corrected chi connectivity index (χ3v) is 6.72. The zero-order valence-corrected chi connectivity index (χ0v) is 19.4. The van der Waals surface area contributed by atoms with Crippen LogP contribution in [0.3, 0.4) is 0 Å². The second-order valence-corrected chi connectivity index (χ2v) is 8.96. The number of thiazole rings is 1. The first kappa shape index (κ1) is 20.5. The average molecular weight is 464 g/mol. The van der Waals surface area contributed by atoms with Gasteiger partial charge in [0.25, 0.3) is 0 Å². The fourth-order valence-corrected chi connectivity index (χ4v) is 5.21. The van der Waals surface area contributed by atoms with Crippen LogP contribution < -0.4 is 4.74 Å². The molecule has 34 heavy (non-hydrogen) atoms. The number of nitrogens with zero attached hydrogens (tertiary/aromatic N) is 5. The van der Waals surface area contributed by atoms with E-state index >= 15 is 0 Å². The summed E-state index contributed by atoms with van der Waals surface area (Å²) in [6.45, 7) is 3.13. The zero-order chi connectivity index (χ0) is 22.9. The highest BCUT2D eigenvalue weighted by Gasteiger charge is 2.23. The highest BCUT2D eigenvalue weighted by atomic mass is 32.1. The highest BCUT2D eigenvalue weighted by molar-refractivity contribution is 7.17. The first-order valence-electron chi connectivity index (χ1n) is 11.1. The van der Waals surface area contributed by atoms with Gasteiger partial charge in [0.15, 0.2) is 5.84 Å². The van der Waals surface area contributed by atoms with Gasteiger partial charge in [0.05, 0.1) is 33.9 Å². The second kappa shape index (κ2) is 8.68. The zero-order valence-electron chi connectivity index (χ0n) is 18.5. The smallest absolute Gasteiger partial charge is 0.167 e. The molecule has 6 rings (SSSR count). The fraction of sp³-hybridized carbons (Fsp3) is 0.111. The Labute approximate surface area is 200 Å². The maximum Gasteiger partial charge on any atom is 0.167 e. The number of rotatable bonds is 6. The molecule has 0 saturated heterocycles. The average Bonchev–Trinajstić information content (AvgIpc) is 3.61. The lowest BCUT2D eigenvalue weighted by molar-refractivity contribution is 0.306. The third-order valence-electron chi connectivity index (χ3n) is 5.65. The Morgan fingerprint density at radius 3 is 2.74 bits per heavy atom. The van der Waals surface area contributed by atoms with Crippen LogP contribution in [-0.4, -0.2) is 33.2 Å². The molecule has 0 atom stereocenters. The van der Waals surface area contributed by atoms with E-state index in [9.17, 15) is 0 Å². The molecule has 4 heterocycles. The van der Waals surface area contributed by atoms with Crippen LogP contribution in [0.2, 0.25) is 0 Å². The molecule has 0 spiro atoms. The van der Waals surface area contributed by atoms with Crippen molar-refractivity contribution in [1.82, 2.24) is 14.6 Å². The molecule has 0 N–H and O–H groups in total. The number of hydrogen-bond donors (Lipinski definition) is 0. The van der Waals surface area contributed by atoms with E-state index in [-0.39, 0.29) is 0 Å². The SMILES string of the molecule is Cc1nn2ccccc2c1-c1nc(-c2cccc(OCc3ccccc3)c2)c(C2=NCC=N2)s1. The van der Waals surface area contributed by atoms with Gasteiger partial charge in [0.2, 0.25) is 0 Å². The maximum absolute atomic E-state index is 6.08. The molecule has 2 aromatic carbocycles. The van der Waals surface area contributed by atoms with Crippen molar-refractivity contribution in [2.24, 2.45) is 9.98 Å². The van der Waals surface area contributed by atoms with Crippen LogP contribution in [-0.2, 0) is 6.61 Å². The standard InChI is InChI=1S/C27H21N5OS/c1-18-23(22-12-5-6-15-32(22)31-18)27-30-24(25(34-27)26-28-13-14-29-26)20-10-7-11-21(16-20)33-17-19-8-3-2-4-9-19/h2-13,15-16H,14,17H2,1H3. The van der Waals surface area contributed by atoms with Gasteiger partial charge in [-0.05, 0) is 36.8 Å². The van der Waals surface area contributed by atoms with Gasteiger partial charge in [0, 0.05) is 18.0 Å². The van der Waals surface area contributed by atoms with Gasteiger partial charge in [-0.25, -0.2) is 14.5 Å². The van der Waals surface area contributed by atoms with E-state index in [0.29, 0.717) is 13.2 Å². The van der Waals surface area contributed by atoms with Crippen molar-refractivity contribution in [1.29, 1.82) is 0 Å². The number of hydrogen-bond acceptors (Lipinski definition) is 6. The summed E-state index contributed by atoms with van der Waals surface area (Å²) in [5, 5.41) is 5.58. The molecule has 0 saturated carbocycles. The van der Waals surface area contributed by atoms with E-state index in [2.05, 4.69) is 39.3 Å². The normalized spacial score (nSPS) is 12.9. The lowest BCUT2D eigenvalue weighted by Gasteiger charge is -2.08. The minimum absolute atomic E-state index is 0.512. The Morgan fingerprint density at radius 2 is 1.88 bits per heavy atom. The van der Waals surface area contributed by atoms with Crippen molar-refractivity contribution in [3.63, 3.8) is 0 Å². The number of fused-ring (bicyclic) bond motifs is 1. The van der Waals surface area contributed by atoms with Gasteiger partial charge < -0.3 is 4.74 Å². The predicted molar refractivity (Wildman–Crippen MR) is 137 cm³/mol. The van der Waals surface area contributed by atoms with Crippen LogP contribution in [0.1, 0.15) is 16.1 Å². The topological polar surface area (TPSA) is 64.1 Å². The lowest BCUT2D eigenvalue weighted by atomic mass is 10.1. The van der Waals surface area contributed by atoms with E-state index in [1.54, 1.807) is 11.3 Å². The fourth-order valence-electron chi connectivity index (χ4n) is 4.06. The number of amidine groups is 1. The van der Waals surface area contributed by atoms with Crippen LogP contribution >= 0.6 is 11.3 Å². The van der Waals surface area contributed by atoms with Crippen LogP contribution in [0.15, 0.2) is 89.0 Å². The number of benzene rings is 2. The van der Waals surface area contributed by atoms with Crippen molar-refractivity contribution < 1.29 is 4.74 Å². The molecule has 0 unspecified atom stereocenters. The Morgan fingerprint density at radius 1 is 1.00 bits per heavy atom. The largest absolute Gasteiger partial charge is 0.489 e. The Bertz CT molecular complexity index is 1550. The molecule has 1 aliphatic heterocycles. The molecule has 7 heteroatoms. The van der Waals surface area contributed by atoms with Crippen molar-refractivity contribution in [2.75, 3.05) is 6.54 Å². The third kappa shape index (κ3) is 3.80. The van der Waals surface area contributed by atoms with E-state index in [1.165, 1.54) is 0 Å². The van der Waals surface area contributed by atoms with Gasteiger partial charge in [0.1, 0.15) is 17.4 Å². The molecule has 0 radical (unpaired) electrons. The van der Waals surface area contributed by atoms with Crippen molar-refractivity contribution in [3.8, 4) is 27.6 Å². The van der Waals surface area contributed by atoms with Gasteiger partial charge >= 0.3 is 0 Å². The molecule has 1 aliphatic rings. The van der Waals surface area contributed by atoms with E-state index in [0.717, 1.165) is 55.1 Å². The summed E-state index contributed by atoms with van der Waals surface area (Å²) in [5.74, 6) is 1.52. The van der Waals surface area contributed by atoms with E-state index in [1.807, 2.05) is 72.4 Å². The summed E-state index contributed by atoms with van der Waals surface area (Å²) >= 11 is 1.60. The molecule has 5 aromatic rings. The van der Waals surface area contributed by atoms with Gasteiger partial charge in [-0.2, -0.15) is 5.10 Å². The van der Waals surface area contributed by atoms with Crippen molar-refractivity contribution >= 4 is 28.9 Å². The van der Waals surface area contributed by atoms with Crippen LogP contribution in [0.5, 0.6) is 5.75 Å². The lowest BCUT2D eigenvalue weighted by Crippen LogP contribution is -1.96. The highest BCUT2D eigenvalue weighted by Crippen LogP contribution is 2.38. The van der Waals surface area contributed by atoms with E-state index < -0.39 is 0 Å². The number of aryl methyl sites for hydroxylation is 1. The van der Waals surface area contributed by atoms with Crippen LogP contribution in [0.4, 0.5) is 0 Å². The molecular formula is C27H21N5OS. The summed E-state index contributed by atoms with van der Waals surface area (Å²) in [6.07, 6.45) is 3.79. The minimum Gasteiger partial charge on any atom is -0.489 e. The predicted octanol–water partition coefficient (Wildman–Crippen LogP) is 5.84. The molecule has 6 nitrogen and oxygen atoms in total. The van der Waals surface area contributed by atoms with Gasteiger partial charge in [-0.3, -0.25) is 4.99 Å². The second-order valence-electron chi connectivity index (χ2n) is 7.97. The molecule has 0 bridgehead atoms. The first-order valence-corrected chi connectivity index (χ1v) is 11.9. The summed E-state index contributed by atoms with van der Waals surface area (Å²) < 4.78 is 7.98. The van der Waals surface area contributed by atoms with Gasteiger partial charge in [-0.15, -0.1) is 11.3 Å². The summed E-state index contributed by atoms with van der Waals surface area (Å²) in [4.78, 5) is 15.1. The summed E-state index contributed by atoms with van der Waals surface area (Å²) in [7, 11) is 0.